The van der Waals surface area contributed by atoms with E-state index in [-0.39, 0.29) is 0 Å². The van der Waals surface area contributed by atoms with Crippen molar-refractivity contribution in [1.29, 1.82) is 0 Å². The van der Waals surface area contributed by atoms with Gasteiger partial charge in [-0.2, -0.15) is 0 Å². The van der Waals surface area contributed by atoms with Crippen LogP contribution in [0.25, 0.3) is 29.3 Å². The first-order valence-electron chi connectivity index (χ1n) is 8.51. The molecule has 25 heavy (non-hydrogen) atoms. The zero-order valence-corrected chi connectivity index (χ0v) is 17.8. The van der Waals surface area contributed by atoms with Crippen LogP contribution in [0.3, 0.4) is 0 Å². The number of hydrogen-bond donors (Lipinski definition) is 0. The van der Waals surface area contributed by atoms with Crippen molar-refractivity contribution in [3.63, 3.8) is 0 Å². The Labute approximate surface area is 165 Å². The van der Waals surface area contributed by atoms with E-state index in [0.717, 1.165) is 0 Å². The normalized spacial score (nSPS) is 12.6. The van der Waals surface area contributed by atoms with Crippen LogP contribution in [0, 0.1) is 6.92 Å². The Balaban J connectivity index is 1.59. The summed E-state index contributed by atoms with van der Waals surface area (Å²) in [4.78, 5) is 11.2. The summed E-state index contributed by atoms with van der Waals surface area (Å²) in [7, 11) is 0. The van der Waals surface area contributed by atoms with E-state index in [9.17, 15) is 0 Å². The maximum Gasteiger partial charge on any atom is 0.0449 e. The molecule has 4 heterocycles. The molecular formula is C21H20S4. The molecule has 0 aliphatic rings. The van der Waals surface area contributed by atoms with Gasteiger partial charge < -0.3 is 0 Å². The summed E-state index contributed by atoms with van der Waals surface area (Å²) in [5.41, 5.74) is 0. The molecule has 0 spiro atoms. The van der Waals surface area contributed by atoms with E-state index in [4.69, 9.17) is 0 Å². The van der Waals surface area contributed by atoms with Gasteiger partial charge in [-0.05, 0) is 67.8 Å². The smallest absolute Gasteiger partial charge is 0.0449 e. The number of hydrogen-bond acceptors (Lipinski definition) is 4. The second kappa shape index (κ2) is 7.20. The topological polar surface area (TPSA) is 0 Å². The summed E-state index contributed by atoms with van der Waals surface area (Å²) in [6, 6.07) is 18.1. The molecule has 4 rings (SSSR count). The second-order valence-corrected chi connectivity index (χ2v) is 10.8. The van der Waals surface area contributed by atoms with Crippen LogP contribution in [-0.2, 0) is 0 Å². The van der Waals surface area contributed by atoms with Gasteiger partial charge in [-0.3, -0.25) is 0 Å². The van der Waals surface area contributed by atoms with E-state index in [1.807, 2.05) is 45.3 Å². The van der Waals surface area contributed by atoms with E-state index in [1.165, 1.54) is 45.4 Å². The molecule has 1 unspecified atom stereocenters. The van der Waals surface area contributed by atoms with Gasteiger partial charge in [-0.1, -0.05) is 13.8 Å². The van der Waals surface area contributed by atoms with Crippen LogP contribution in [0.1, 0.15) is 35.9 Å². The highest BCUT2D eigenvalue weighted by molar-refractivity contribution is 7.28. The van der Waals surface area contributed by atoms with Crippen molar-refractivity contribution in [2.45, 2.75) is 33.1 Å². The van der Waals surface area contributed by atoms with Crippen LogP contribution < -0.4 is 0 Å². The third-order valence-corrected chi connectivity index (χ3v) is 9.48. The molecule has 0 radical (unpaired) electrons. The molecule has 0 nitrogen and oxygen atoms in total. The van der Waals surface area contributed by atoms with Crippen LogP contribution in [0.2, 0.25) is 0 Å². The van der Waals surface area contributed by atoms with Crippen molar-refractivity contribution >= 4 is 45.3 Å². The molecule has 0 saturated carbocycles. The van der Waals surface area contributed by atoms with Crippen molar-refractivity contribution in [3.8, 4) is 29.3 Å². The molecule has 0 bridgehead atoms. The molecule has 4 aromatic rings. The molecule has 4 aromatic heterocycles. The number of aryl methyl sites for hydroxylation is 1. The van der Waals surface area contributed by atoms with E-state index in [0.29, 0.717) is 5.92 Å². The van der Waals surface area contributed by atoms with Crippen molar-refractivity contribution < 1.29 is 0 Å². The molecule has 0 aliphatic heterocycles. The lowest BCUT2D eigenvalue weighted by Crippen LogP contribution is -1.84. The molecule has 0 amide bonds. The zero-order chi connectivity index (χ0) is 17.4. The Hall–Kier alpha value is -1.20. The van der Waals surface area contributed by atoms with Crippen LogP contribution in [0.5, 0.6) is 0 Å². The van der Waals surface area contributed by atoms with E-state index >= 15 is 0 Å². The van der Waals surface area contributed by atoms with Crippen LogP contribution in [0.4, 0.5) is 0 Å². The summed E-state index contributed by atoms with van der Waals surface area (Å²) < 4.78 is 0. The van der Waals surface area contributed by atoms with Crippen molar-refractivity contribution in [2.75, 3.05) is 0 Å². The van der Waals surface area contributed by atoms with E-state index in [2.05, 4.69) is 69.3 Å². The van der Waals surface area contributed by atoms with Gasteiger partial charge in [0.2, 0.25) is 0 Å². The largest absolute Gasteiger partial charge is 0.140 e. The molecule has 0 saturated heterocycles. The molecule has 4 heteroatoms. The van der Waals surface area contributed by atoms with Crippen LogP contribution >= 0.6 is 45.3 Å². The minimum atomic E-state index is 0.660. The molecule has 0 aromatic carbocycles. The molecule has 0 fully saturated rings. The highest BCUT2D eigenvalue weighted by atomic mass is 32.1. The van der Waals surface area contributed by atoms with E-state index < -0.39 is 0 Å². The predicted molar refractivity (Wildman–Crippen MR) is 118 cm³/mol. The summed E-state index contributed by atoms with van der Waals surface area (Å²) >= 11 is 7.63. The Morgan fingerprint density at radius 3 is 1.56 bits per heavy atom. The molecular weight excluding hydrogens is 380 g/mol. The van der Waals surface area contributed by atoms with Gasteiger partial charge in [-0.15, -0.1) is 45.3 Å². The monoisotopic (exact) mass is 400 g/mol. The number of thiophene rings is 4. The Bertz CT molecular complexity index is 979. The fraction of sp³-hybridized carbons (Fsp3) is 0.238. The fourth-order valence-corrected chi connectivity index (χ4v) is 7.02. The first-order valence-corrected chi connectivity index (χ1v) is 11.8. The van der Waals surface area contributed by atoms with Crippen LogP contribution in [-0.4, -0.2) is 0 Å². The first-order chi connectivity index (χ1) is 12.1. The van der Waals surface area contributed by atoms with Gasteiger partial charge in [0.15, 0.2) is 0 Å². The lowest BCUT2D eigenvalue weighted by atomic mass is 10.1. The van der Waals surface area contributed by atoms with Gasteiger partial charge in [0, 0.05) is 39.0 Å². The summed E-state index contributed by atoms with van der Waals surface area (Å²) in [6.45, 7) is 6.74. The minimum Gasteiger partial charge on any atom is -0.140 e. The third-order valence-electron chi connectivity index (χ3n) is 4.41. The standard InChI is InChI=1S/C21H20S4/c1-4-13(2)15-7-8-18(23-15)19-11-12-21(25-19)20-10-9-17(24-20)16-6-5-14(3)22-16/h5-13H,4H2,1-3H3. The van der Waals surface area contributed by atoms with Gasteiger partial charge in [0.05, 0.1) is 0 Å². The Morgan fingerprint density at radius 1 is 0.640 bits per heavy atom. The van der Waals surface area contributed by atoms with Crippen molar-refractivity contribution in [3.05, 3.63) is 58.3 Å². The minimum absolute atomic E-state index is 0.660. The van der Waals surface area contributed by atoms with Crippen molar-refractivity contribution in [1.82, 2.24) is 0 Å². The second-order valence-electron chi connectivity index (χ2n) is 6.25. The first kappa shape index (κ1) is 17.2. The molecule has 128 valence electrons. The molecule has 1 atom stereocenters. The van der Waals surface area contributed by atoms with Gasteiger partial charge in [0.1, 0.15) is 0 Å². The molecule has 0 N–H and O–H groups in total. The summed E-state index contributed by atoms with van der Waals surface area (Å²) in [5.74, 6) is 0.660. The fourth-order valence-electron chi connectivity index (χ4n) is 2.72. The highest BCUT2D eigenvalue weighted by Crippen LogP contribution is 2.43. The average Bonchev–Trinajstić information content (AvgIpc) is 3.37. The maximum atomic E-state index is 2.31. The van der Waals surface area contributed by atoms with E-state index in [1.54, 1.807) is 0 Å². The highest BCUT2D eigenvalue weighted by Gasteiger charge is 2.12. The Kier molecular flexibility index (Phi) is 4.96. The van der Waals surface area contributed by atoms with Gasteiger partial charge in [0.25, 0.3) is 0 Å². The quantitative estimate of drug-likeness (QED) is 0.314. The lowest BCUT2D eigenvalue weighted by molar-refractivity contribution is 0.748. The maximum absolute atomic E-state index is 2.31. The van der Waals surface area contributed by atoms with Crippen molar-refractivity contribution in [2.24, 2.45) is 0 Å². The van der Waals surface area contributed by atoms with Gasteiger partial charge in [-0.25, -0.2) is 0 Å². The Morgan fingerprint density at radius 2 is 1.08 bits per heavy atom. The summed E-state index contributed by atoms with van der Waals surface area (Å²) in [5, 5.41) is 0. The zero-order valence-electron chi connectivity index (χ0n) is 14.5. The average molecular weight is 401 g/mol. The third kappa shape index (κ3) is 3.54. The SMILES string of the molecule is CCC(C)c1ccc(-c2ccc(-c3ccc(-c4ccc(C)s4)s3)s2)s1. The summed E-state index contributed by atoms with van der Waals surface area (Å²) in [6.07, 6.45) is 1.20. The van der Waals surface area contributed by atoms with Gasteiger partial charge >= 0.3 is 0 Å². The van der Waals surface area contributed by atoms with Crippen LogP contribution in [0.15, 0.2) is 48.5 Å². The number of rotatable bonds is 5. The predicted octanol–water partition coefficient (Wildman–Crippen LogP) is 8.76. The molecule has 0 aliphatic carbocycles. The lowest BCUT2D eigenvalue weighted by Gasteiger charge is -2.03.